The van der Waals surface area contributed by atoms with Gasteiger partial charge >= 0.3 is 5.97 Å². The molecule has 1 aromatic carbocycles. The molecular formula is C15H16N2O3S. The molecule has 3 rings (SSSR count). The van der Waals surface area contributed by atoms with Crippen LogP contribution < -0.4 is 5.32 Å². The molecule has 0 saturated heterocycles. The number of aromatic carboxylic acids is 1. The number of hydrogen-bond acceptors (Lipinski definition) is 5. The third-order valence-electron chi connectivity index (χ3n) is 3.42. The Morgan fingerprint density at radius 2 is 2.38 bits per heavy atom. The molecule has 21 heavy (non-hydrogen) atoms. The first-order valence-corrected chi connectivity index (χ1v) is 7.67. The lowest BCUT2D eigenvalue weighted by Crippen LogP contribution is -2.08. The summed E-state index contributed by atoms with van der Waals surface area (Å²) in [6.45, 7) is 2.36. The number of carbonyl (C=O) groups is 1. The number of fused-ring (bicyclic) bond motifs is 1. The van der Waals surface area contributed by atoms with Crippen LogP contribution >= 0.6 is 11.3 Å². The minimum absolute atomic E-state index is 0.296. The van der Waals surface area contributed by atoms with Crippen LogP contribution in [0, 0.1) is 0 Å². The summed E-state index contributed by atoms with van der Waals surface area (Å²) in [5.41, 5.74) is 2.55. The summed E-state index contributed by atoms with van der Waals surface area (Å²) in [4.78, 5) is 15.4. The summed E-state index contributed by atoms with van der Waals surface area (Å²) in [7, 11) is 0. The van der Waals surface area contributed by atoms with Crippen molar-refractivity contribution in [2.45, 2.75) is 12.8 Å². The molecule has 1 aliphatic heterocycles. The second kappa shape index (κ2) is 6.24. The maximum Gasteiger partial charge on any atom is 0.335 e. The number of carboxylic acid groups (broad SMARTS) is 1. The highest BCUT2D eigenvalue weighted by atomic mass is 32.1. The fraction of sp³-hybridized carbons (Fsp3) is 0.333. The van der Waals surface area contributed by atoms with Crippen molar-refractivity contribution in [1.29, 1.82) is 0 Å². The van der Waals surface area contributed by atoms with Crippen LogP contribution in [0.25, 0.3) is 10.2 Å². The number of carboxylic acids is 1. The fourth-order valence-electron chi connectivity index (χ4n) is 2.26. The first-order chi connectivity index (χ1) is 10.2. The van der Waals surface area contributed by atoms with E-state index in [2.05, 4.69) is 16.4 Å². The number of rotatable bonds is 5. The minimum atomic E-state index is -0.911. The van der Waals surface area contributed by atoms with Crippen molar-refractivity contribution in [1.82, 2.24) is 4.98 Å². The van der Waals surface area contributed by atoms with Crippen LogP contribution in [0.5, 0.6) is 0 Å². The Hall–Kier alpha value is -1.92. The first-order valence-electron chi connectivity index (χ1n) is 6.86. The van der Waals surface area contributed by atoms with E-state index >= 15 is 0 Å². The molecule has 0 spiro atoms. The number of benzene rings is 1. The van der Waals surface area contributed by atoms with Crippen molar-refractivity contribution in [3.63, 3.8) is 0 Å². The van der Waals surface area contributed by atoms with Gasteiger partial charge < -0.3 is 15.2 Å². The summed E-state index contributed by atoms with van der Waals surface area (Å²) in [6, 6.07) is 5.00. The molecule has 0 amide bonds. The summed E-state index contributed by atoms with van der Waals surface area (Å²) in [5, 5.41) is 13.1. The smallest absolute Gasteiger partial charge is 0.335 e. The van der Waals surface area contributed by atoms with E-state index in [0.29, 0.717) is 12.2 Å². The molecule has 0 fully saturated rings. The molecule has 5 nitrogen and oxygen atoms in total. The average molecular weight is 304 g/mol. The van der Waals surface area contributed by atoms with Crippen LogP contribution in [0.15, 0.2) is 29.8 Å². The Labute approximate surface area is 126 Å². The van der Waals surface area contributed by atoms with Gasteiger partial charge in [0.25, 0.3) is 0 Å². The van der Waals surface area contributed by atoms with E-state index in [1.807, 2.05) is 0 Å². The van der Waals surface area contributed by atoms with E-state index in [-0.39, 0.29) is 0 Å². The summed E-state index contributed by atoms with van der Waals surface area (Å²) < 4.78 is 6.17. The number of ether oxygens (including phenoxy) is 1. The largest absolute Gasteiger partial charge is 0.478 e. The molecule has 2 heterocycles. The zero-order valence-electron chi connectivity index (χ0n) is 11.5. The molecule has 2 aromatic rings. The van der Waals surface area contributed by atoms with E-state index in [1.165, 1.54) is 16.9 Å². The van der Waals surface area contributed by atoms with Crippen LogP contribution in [0.2, 0.25) is 0 Å². The van der Waals surface area contributed by atoms with Gasteiger partial charge in [0.05, 0.1) is 29.0 Å². The van der Waals surface area contributed by atoms with Crippen molar-refractivity contribution in [3.8, 4) is 0 Å². The monoisotopic (exact) mass is 304 g/mol. The number of hydrogen-bond donors (Lipinski definition) is 2. The number of nitrogens with zero attached hydrogens (tertiary/aromatic N) is 1. The molecule has 0 radical (unpaired) electrons. The summed E-state index contributed by atoms with van der Waals surface area (Å²) in [5.74, 6) is -0.911. The van der Waals surface area contributed by atoms with Crippen LogP contribution in [0.3, 0.4) is 0 Å². The second-order valence-corrected chi connectivity index (χ2v) is 5.90. The number of thiazole rings is 1. The van der Waals surface area contributed by atoms with Crippen LogP contribution in [-0.4, -0.2) is 35.8 Å². The Morgan fingerprint density at radius 3 is 3.14 bits per heavy atom. The minimum Gasteiger partial charge on any atom is -0.478 e. The van der Waals surface area contributed by atoms with Crippen LogP contribution in [0.4, 0.5) is 5.13 Å². The van der Waals surface area contributed by atoms with Gasteiger partial charge in [-0.25, -0.2) is 9.78 Å². The predicted molar refractivity (Wildman–Crippen MR) is 83.2 cm³/mol. The quantitative estimate of drug-likeness (QED) is 0.830. The highest BCUT2D eigenvalue weighted by molar-refractivity contribution is 7.22. The molecule has 0 unspecified atom stereocenters. The third kappa shape index (κ3) is 3.40. The van der Waals surface area contributed by atoms with E-state index in [4.69, 9.17) is 9.84 Å². The van der Waals surface area contributed by atoms with Gasteiger partial charge in [0, 0.05) is 6.54 Å². The van der Waals surface area contributed by atoms with Gasteiger partial charge in [-0.2, -0.15) is 0 Å². The second-order valence-electron chi connectivity index (χ2n) is 4.87. The van der Waals surface area contributed by atoms with Gasteiger partial charge in [0.1, 0.15) is 0 Å². The fourth-order valence-corrected chi connectivity index (χ4v) is 3.19. The van der Waals surface area contributed by atoms with Crippen molar-refractivity contribution in [2.24, 2.45) is 0 Å². The Bertz CT molecular complexity index is 693. The number of anilines is 1. The molecule has 0 bridgehead atoms. The maximum atomic E-state index is 11.0. The maximum absolute atomic E-state index is 11.0. The Morgan fingerprint density at radius 1 is 1.48 bits per heavy atom. The lowest BCUT2D eigenvalue weighted by molar-refractivity contribution is 0.0697. The third-order valence-corrected chi connectivity index (χ3v) is 4.39. The molecule has 2 N–H and O–H groups in total. The molecular weight excluding hydrogens is 288 g/mol. The summed E-state index contributed by atoms with van der Waals surface area (Å²) >= 11 is 1.49. The Balaban J connectivity index is 1.64. The lowest BCUT2D eigenvalue weighted by atomic mass is 10.1. The number of nitrogens with one attached hydrogen (secondary N) is 1. The lowest BCUT2D eigenvalue weighted by Gasteiger charge is -2.13. The van der Waals surface area contributed by atoms with Gasteiger partial charge in [-0.05, 0) is 31.0 Å². The average Bonchev–Trinajstić information content (AvgIpc) is 2.90. The van der Waals surface area contributed by atoms with Crippen molar-refractivity contribution in [2.75, 3.05) is 25.1 Å². The molecule has 6 heteroatoms. The first kappa shape index (κ1) is 14.0. The number of aromatic nitrogens is 1. The zero-order valence-corrected chi connectivity index (χ0v) is 12.3. The SMILES string of the molecule is O=C(O)c1ccc2nc(NCCC3=CCOCC3)sc2c1. The predicted octanol–water partition coefficient (Wildman–Crippen LogP) is 3.14. The Kier molecular flexibility index (Phi) is 4.17. The van der Waals surface area contributed by atoms with Gasteiger partial charge in [-0.1, -0.05) is 23.0 Å². The highest BCUT2D eigenvalue weighted by Gasteiger charge is 2.08. The van der Waals surface area contributed by atoms with E-state index in [9.17, 15) is 4.79 Å². The topological polar surface area (TPSA) is 71.5 Å². The normalized spacial score (nSPS) is 15.0. The van der Waals surface area contributed by atoms with Crippen LogP contribution in [-0.2, 0) is 4.74 Å². The van der Waals surface area contributed by atoms with Gasteiger partial charge in [0.2, 0.25) is 0 Å². The van der Waals surface area contributed by atoms with E-state index in [1.54, 1.807) is 18.2 Å². The molecule has 1 aliphatic rings. The standard InChI is InChI=1S/C15H16N2O3S/c18-14(19)11-1-2-12-13(9-11)21-15(17-12)16-6-3-10-4-7-20-8-5-10/h1-2,4,9H,3,5-8H2,(H,16,17)(H,18,19). The summed E-state index contributed by atoms with van der Waals surface area (Å²) in [6.07, 6.45) is 4.13. The van der Waals surface area contributed by atoms with E-state index in [0.717, 1.165) is 41.3 Å². The molecule has 0 aliphatic carbocycles. The molecule has 0 atom stereocenters. The van der Waals surface area contributed by atoms with Crippen LogP contribution in [0.1, 0.15) is 23.2 Å². The highest BCUT2D eigenvalue weighted by Crippen LogP contribution is 2.27. The van der Waals surface area contributed by atoms with Crippen molar-refractivity contribution >= 4 is 32.7 Å². The molecule has 0 saturated carbocycles. The van der Waals surface area contributed by atoms with E-state index < -0.39 is 5.97 Å². The van der Waals surface area contributed by atoms with Gasteiger partial charge in [-0.15, -0.1) is 0 Å². The zero-order chi connectivity index (χ0) is 14.7. The van der Waals surface area contributed by atoms with Crippen molar-refractivity contribution in [3.05, 3.63) is 35.4 Å². The van der Waals surface area contributed by atoms with Gasteiger partial charge in [0.15, 0.2) is 5.13 Å². The molecule has 110 valence electrons. The molecule has 1 aromatic heterocycles. The van der Waals surface area contributed by atoms with Crippen molar-refractivity contribution < 1.29 is 14.6 Å². The van der Waals surface area contributed by atoms with Gasteiger partial charge in [-0.3, -0.25) is 0 Å².